The van der Waals surface area contributed by atoms with Gasteiger partial charge in [-0.05, 0) is 26.4 Å². The molecule has 0 aromatic carbocycles. The Hall–Kier alpha value is -0.680. The maximum atomic E-state index is 4.87. The normalized spacial score (nSPS) is 15.2. The number of nitrogens with one attached hydrogen (secondary N) is 1. The summed E-state index contributed by atoms with van der Waals surface area (Å²) in [5, 5.41) is 4.51. The van der Waals surface area contributed by atoms with Gasteiger partial charge in [0.05, 0.1) is 6.54 Å². The Morgan fingerprint density at radius 1 is 1.15 bits per heavy atom. The van der Waals surface area contributed by atoms with Gasteiger partial charge in [0.25, 0.3) is 0 Å². The first-order valence-corrected chi connectivity index (χ1v) is 10.8. The molecule has 1 saturated heterocycles. The quantitative estimate of drug-likeness (QED) is 0.314. The van der Waals surface area contributed by atoms with Gasteiger partial charge in [0.2, 0.25) is 5.13 Å². The second-order valence-electron chi connectivity index (χ2n) is 6.49. The molecule has 1 aromatic heterocycles. The Bertz CT molecular complexity index is 544. The molecule has 2 rings (SSSR count). The largest absolute Gasteiger partial charge is 0.357 e. The molecule has 2 heterocycles. The van der Waals surface area contributed by atoms with Crippen LogP contribution in [0.5, 0.6) is 0 Å². The summed E-state index contributed by atoms with van der Waals surface area (Å²) >= 11 is 1.52. The summed E-state index contributed by atoms with van der Waals surface area (Å²) < 4.78 is 4.41. The lowest BCUT2D eigenvalue weighted by Gasteiger charge is -2.36. The van der Waals surface area contributed by atoms with E-state index in [0.717, 1.165) is 82.2 Å². The number of guanidine groups is 1. The van der Waals surface area contributed by atoms with Crippen molar-refractivity contribution in [3.63, 3.8) is 0 Å². The van der Waals surface area contributed by atoms with Crippen LogP contribution in [0.15, 0.2) is 4.99 Å². The fourth-order valence-electron chi connectivity index (χ4n) is 3.09. The van der Waals surface area contributed by atoms with E-state index >= 15 is 0 Å². The molecule has 1 aliphatic rings. The molecule has 0 bridgehead atoms. The molecule has 0 amide bonds. The van der Waals surface area contributed by atoms with E-state index in [1.807, 2.05) is 0 Å². The number of halogens is 1. The van der Waals surface area contributed by atoms with Gasteiger partial charge in [-0.3, -0.25) is 4.99 Å². The fourth-order valence-corrected chi connectivity index (χ4v) is 3.89. The Labute approximate surface area is 185 Å². The van der Waals surface area contributed by atoms with Crippen LogP contribution in [0, 0.1) is 0 Å². The van der Waals surface area contributed by atoms with Gasteiger partial charge in [-0.2, -0.15) is 4.37 Å². The number of anilines is 1. The molecule has 1 aliphatic heterocycles. The van der Waals surface area contributed by atoms with E-state index in [-0.39, 0.29) is 24.0 Å². The fraction of sp³-hybridized carbons (Fsp3) is 0.833. The van der Waals surface area contributed by atoms with Gasteiger partial charge < -0.3 is 20.0 Å². The lowest BCUT2D eigenvalue weighted by atomic mass is 10.3. The Kier molecular flexibility index (Phi) is 12.2. The average molecular weight is 510 g/mol. The van der Waals surface area contributed by atoms with Crippen LogP contribution in [0.25, 0.3) is 0 Å². The van der Waals surface area contributed by atoms with E-state index in [1.165, 1.54) is 18.0 Å². The van der Waals surface area contributed by atoms with Crippen molar-refractivity contribution < 1.29 is 0 Å². The first-order chi connectivity index (χ1) is 12.7. The summed E-state index contributed by atoms with van der Waals surface area (Å²) in [6.07, 6.45) is 2.10. The summed E-state index contributed by atoms with van der Waals surface area (Å²) in [4.78, 5) is 16.7. The lowest BCUT2D eigenvalue weighted by Crippen LogP contribution is -2.52. The highest BCUT2D eigenvalue weighted by molar-refractivity contribution is 14.0. The summed E-state index contributed by atoms with van der Waals surface area (Å²) in [6.45, 7) is 17.6. The van der Waals surface area contributed by atoms with Crippen LogP contribution >= 0.6 is 35.5 Å². The summed E-state index contributed by atoms with van der Waals surface area (Å²) in [5.41, 5.74) is 0. The number of nitrogens with zero attached hydrogens (tertiary/aromatic N) is 6. The van der Waals surface area contributed by atoms with Gasteiger partial charge in [0.15, 0.2) is 5.96 Å². The molecule has 0 aliphatic carbocycles. The summed E-state index contributed by atoms with van der Waals surface area (Å²) in [5.74, 6) is 2.00. The third kappa shape index (κ3) is 7.69. The minimum Gasteiger partial charge on any atom is -0.357 e. The highest BCUT2D eigenvalue weighted by Gasteiger charge is 2.22. The molecule has 1 N–H and O–H groups in total. The molecule has 0 spiro atoms. The molecule has 1 fully saturated rings. The molecule has 0 unspecified atom stereocenters. The Balaban J connectivity index is 0.00000364. The molecule has 0 atom stereocenters. The molecule has 7 nitrogen and oxygen atoms in total. The van der Waals surface area contributed by atoms with Crippen molar-refractivity contribution >= 4 is 46.6 Å². The van der Waals surface area contributed by atoms with Crippen LogP contribution in [0.3, 0.4) is 0 Å². The van der Waals surface area contributed by atoms with E-state index in [4.69, 9.17) is 4.99 Å². The number of hydrogen-bond acceptors (Lipinski definition) is 6. The topological polar surface area (TPSA) is 59.9 Å². The van der Waals surface area contributed by atoms with Crippen molar-refractivity contribution in [2.75, 3.05) is 63.8 Å². The third-order valence-electron chi connectivity index (χ3n) is 4.62. The summed E-state index contributed by atoms with van der Waals surface area (Å²) in [7, 11) is 0. The SMILES string of the molecule is CCCN(CC)CCN=C(NCC)N1CCN(c2nc(CC)ns2)CC1.I. The van der Waals surface area contributed by atoms with Gasteiger partial charge in [-0.15, -0.1) is 24.0 Å². The van der Waals surface area contributed by atoms with Crippen molar-refractivity contribution in [2.24, 2.45) is 4.99 Å². The van der Waals surface area contributed by atoms with Gasteiger partial charge in [-0.25, -0.2) is 4.98 Å². The number of piperazine rings is 1. The second-order valence-corrected chi connectivity index (χ2v) is 7.22. The zero-order valence-corrected chi connectivity index (χ0v) is 20.4. The van der Waals surface area contributed by atoms with E-state index in [2.05, 4.69) is 57.1 Å². The first kappa shape index (κ1) is 24.4. The molecular formula is C18H36IN7S. The van der Waals surface area contributed by atoms with Crippen molar-refractivity contribution in [2.45, 2.75) is 40.5 Å². The van der Waals surface area contributed by atoms with Gasteiger partial charge in [0, 0.05) is 57.2 Å². The van der Waals surface area contributed by atoms with Crippen LogP contribution in [0.4, 0.5) is 5.13 Å². The Morgan fingerprint density at radius 3 is 2.44 bits per heavy atom. The highest BCUT2D eigenvalue weighted by atomic mass is 127. The van der Waals surface area contributed by atoms with Gasteiger partial charge in [-0.1, -0.05) is 20.8 Å². The molecule has 0 radical (unpaired) electrons. The van der Waals surface area contributed by atoms with Gasteiger partial charge >= 0.3 is 0 Å². The highest BCUT2D eigenvalue weighted by Crippen LogP contribution is 2.19. The lowest BCUT2D eigenvalue weighted by molar-refractivity contribution is 0.296. The van der Waals surface area contributed by atoms with E-state index in [1.54, 1.807) is 0 Å². The number of aryl methyl sites for hydroxylation is 1. The minimum absolute atomic E-state index is 0. The monoisotopic (exact) mass is 509 g/mol. The zero-order chi connectivity index (χ0) is 18.8. The minimum atomic E-state index is 0. The maximum absolute atomic E-state index is 4.87. The van der Waals surface area contributed by atoms with Crippen molar-refractivity contribution in [3.8, 4) is 0 Å². The number of hydrogen-bond donors (Lipinski definition) is 1. The molecule has 1 aromatic rings. The maximum Gasteiger partial charge on any atom is 0.205 e. The molecule has 9 heteroatoms. The van der Waals surface area contributed by atoms with E-state index in [9.17, 15) is 0 Å². The molecular weight excluding hydrogens is 473 g/mol. The third-order valence-corrected chi connectivity index (χ3v) is 5.44. The Morgan fingerprint density at radius 2 is 1.89 bits per heavy atom. The number of rotatable bonds is 9. The van der Waals surface area contributed by atoms with Crippen LogP contribution < -0.4 is 10.2 Å². The summed E-state index contributed by atoms with van der Waals surface area (Å²) in [6, 6.07) is 0. The first-order valence-electron chi connectivity index (χ1n) is 10.0. The predicted molar refractivity (Wildman–Crippen MR) is 127 cm³/mol. The van der Waals surface area contributed by atoms with Crippen LogP contribution in [0.2, 0.25) is 0 Å². The number of aliphatic imine (C=N–C) groups is 1. The standard InChI is InChI=1S/C18H35N7S.HI/c1-5-10-23(8-4)11-9-20-17(19-7-3)24-12-14-25(15-13-24)18-21-16(6-2)22-26-18;/h5-15H2,1-4H3,(H,19,20);1H. The van der Waals surface area contributed by atoms with Crippen LogP contribution in [0.1, 0.15) is 39.9 Å². The van der Waals surface area contributed by atoms with Crippen LogP contribution in [-0.4, -0.2) is 84.0 Å². The molecule has 27 heavy (non-hydrogen) atoms. The zero-order valence-electron chi connectivity index (χ0n) is 17.3. The number of aromatic nitrogens is 2. The van der Waals surface area contributed by atoms with Crippen molar-refractivity contribution in [1.29, 1.82) is 0 Å². The average Bonchev–Trinajstić information content (AvgIpc) is 3.16. The van der Waals surface area contributed by atoms with E-state index < -0.39 is 0 Å². The predicted octanol–water partition coefficient (Wildman–Crippen LogP) is 2.54. The second kappa shape index (κ2) is 13.5. The van der Waals surface area contributed by atoms with Crippen LogP contribution in [-0.2, 0) is 6.42 Å². The van der Waals surface area contributed by atoms with E-state index in [0.29, 0.717) is 0 Å². The smallest absolute Gasteiger partial charge is 0.205 e. The molecule has 0 saturated carbocycles. The van der Waals surface area contributed by atoms with Crippen molar-refractivity contribution in [3.05, 3.63) is 5.82 Å². The van der Waals surface area contributed by atoms with Gasteiger partial charge in [0.1, 0.15) is 5.82 Å². The number of likely N-dealkylation sites (N-methyl/N-ethyl adjacent to an activating group) is 1. The molecule has 156 valence electrons. The van der Waals surface area contributed by atoms with Crippen molar-refractivity contribution in [1.82, 2.24) is 24.5 Å².